The van der Waals surface area contributed by atoms with Gasteiger partial charge in [0, 0.05) is 0 Å². The molecule has 0 aromatic heterocycles. The Bertz CT molecular complexity index is 443. The number of rotatable bonds is 4. The molecule has 0 N–H and O–H groups in total. The summed E-state index contributed by atoms with van der Waals surface area (Å²) in [7, 11) is 0. The molecule has 0 nitrogen and oxygen atoms in total. The van der Waals surface area contributed by atoms with E-state index in [-0.39, 0.29) is 0 Å². The minimum absolute atomic E-state index is 1.12. The highest BCUT2D eigenvalue weighted by molar-refractivity contribution is 5.80. The van der Waals surface area contributed by atoms with Gasteiger partial charge in [0.2, 0.25) is 0 Å². The van der Waals surface area contributed by atoms with Crippen LogP contribution in [0.3, 0.4) is 0 Å². The molecule has 0 heteroatoms. The first kappa shape index (κ1) is 12.2. The summed E-state index contributed by atoms with van der Waals surface area (Å²) in [6, 6.07) is 9.07. The maximum atomic E-state index is 2.40. The van der Waals surface area contributed by atoms with Crippen molar-refractivity contribution in [1.29, 1.82) is 0 Å². The molecule has 0 unspecified atom stereocenters. The van der Waals surface area contributed by atoms with E-state index in [2.05, 4.69) is 51.1 Å². The maximum absolute atomic E-state index is 2.40. The highest BCUT2D eigenvalue weighted by Crippen LogP contribution is 2.35. The lowest BCUT2D eigenvalue weighted by atomic mass is 9.99. The van der Waals surface area contributed by atoms with Crippen molar-refractivity contribution < 1.29 is 0 Å². The van der Waals surface area contributed by atoms with Gasteiger partial charge in [0.1, 0.15) is 0 Å². The van der Waals surface area contributed by atoms with Crippen LogP contribution in [0.25, 0.3) is 5.57 Å². The summed E-state index contributed by atoms with van der Waals surface area (Å²) >= 11 is 0. The van der Waals surface area contributed by atoms with Gasteiger partial charge >= 0.3 is 0 Å². The van der Waals surface area contributed by atoms with Crippen molar-refractivity contribution in [3.63, 3.8) is 0 Å². The fraction of sp³-hybridized carbons (Fsp3) is 0.412. The van der Waals surface area contributed by atoms with Crippen LogP contribution in [0, 0.1) is 0 Å². The van der Waals surface area contributed by atoms with E-state index in [9.17, 15) is 0 Å². The Balaban J connectivity index is 2.33. The van der Waals surface area contributed by atoms with Crippen molar-refractivity contribution in [2.75, 3.05) is 0 Å². The quantitative estimate of drug-likeness (QED) is 0.665. The lowest BCUT2D eigenvalue weighted by molar-refractivity contribution is 0.962. The summed E-state index contributed by atoms with van der Waals surface area (Å²) in [4.78, 5) is 0. The van der Waals surface area contributed by atoms with E-state index in [0.29, 0.717) is 0 Å². The molecule has 0 radical (unpaired) electrons. The van der Waals surface area contributed by atoms with Crippen LogP contribution >= 0.6 is 0 Å². The monoisotopic (exact) mass is 226 g/mol. The molecule has 0 spiro atoms. The largest absolute Gasteiger partial charge is 0.0658 e. The van der Waals surface area contributed by atoms with Crippen molar-refractivity contribution in [3.8, 4) is 0 Å². The zero-order valence-corrected chi connectivity index (χ0v) is 11.2. The van der Waals surface area contributed by atoms with E-state index in [1.165, 1.54) is 36.0 Å². The number of hydrogen-bond donors (Lipinski definition) is 0. The van der Waals surface area contributed by atoms with Gasteiger partial charge in [0.05, 0.1) is 0 Å². The Morgan fingerprint density at radius 3 is 2.12 bits per heavy atom. The van der Waals surface area contributed by atoms with Gasteiger partial charge in [0.15, 0.2) is 0 Å². The van der Waals surface area contributed by atoms with Crippen LogP contribution in [-0.4, -0.2) is 0 Å². The predicted molar refractivity (Wildman–Crippen MR) is 76.0 cm³/mol. The van der Waals surface area contributed by atoms with Crippen LogP contribution in [0.2, 0.25) is 0 Å². The molecule has 1 aromatic rings. The third-order valence-electron chi connectivity index (χ3n) is 3.72. The van der Waals surface area contributed by atoms with Crippen LogP contribution in [-0.2, 0) is 6.42 Å². The predicted octanol–water partition coefficient (Wildman–Crippen LogP) is 5.15. The second-order valence-electron chi connectivity index (χ2n) is 4.75. The molecular formula is C17H22. The molecule has 0 amide bonds. The summed E-state index contributed by atoms with van der Waals surface area (Å²) in [5, 5.41) is 0. The van der Waals surface area contributed by atoms with Gasteiger partial charge in [0.25, 0.3) is 0 Å². The van der Waals surface area contributed by atoms with E-state index in [0.717, 1.165) is 6.42 Å². The van der Waals surface area contributed by atoms with Gasteiger partial charge in [-0.05, 0) is 42.4 Å². The highest BCUT2D eigenvalue weighted by Gasteiger charge is 2.14. The van der Waals surface area contributed by atoms with E-state index in [1.54, 1.807) is 11.1 Å². The lowest BCUT2D eigenvalue weighted by Gasteiger charge is -2.06. The smallest absolute Gasteiger partial charge is 0.00961 e. The number of hydrogen-bond acceptors (Lipinski definition) is 0. The molecule has 0 atom stereocenters. The van der Waals surface area contributed by atoms with Crippen molar-refractivity contribution >= 4 is 5.57 Å². The molecule has 0 saturated carbocycles. The van der Waals surface area contributed by atoms with E-state index < -0.39 is 0 Å². The SMILES string of the molecule is CCC1=CC(c2ccc(CC)cc2)=C(CC)C1. The van der Waals surface area contributed by atoms with Crippen LogP contribution in [0.1, 0.15) is 51.2 Å². The van der Waals surface area contributed by atoms with Gasteiger partial charge in [-0.1, -0.05) is 62.3 Å². The van der Waals surface area contributed by atoms with Gasteiger partial charge in [-0.2, -0.15) is 0 Å². The molecule has 0 heterocycles. The Morgan fingerprint density at radius 1 is 0.882 bits per heavy atom. The average Bonchev–Trinajstić information content (AvgIpc) is 2.82. The van der Waals surface area contributed by atoms with E-state index >= 15 is 0 Å². The normalized spacial score (nSPS) is 15.4. The van der Waals surface area contributed by atoms with Crippen molar-refractivity contribution in [1.82, 2.24) is 0 Å². The highest BCUT2D eigenvalue weighted by atomic mass is 14.2. The standard InChI is InChI=1S/C17H22/c1-4-13-7-9-16(10-8-13)17-12-14(5-2)11-15(17)6-3/h7-10,12H,4-6,11H2,1-3H3. The van der Waals surface area contributed by atoms with Gasteiger partial charge in [-0.15, -0.1) is 0 Å². The molecule has 0 aliphatic heterocycles. The summed E-state index contributed by atoms with van der Waals surface area (Å²) in [5.74, 6) is 0. The minimum atomic E-state index is 1.12. The Kier molecular flexibility index (Phi) is 3.83. The maximum Gasteiger partial charge on any atom is -0.00961 e. The van der Waals surface area contributed by atoms with E-state index in [4.69, 9.17) is 0 Å². The van der Waals surface area contributed by atoms with E-state index in [1.807, 2.05) is 0 Å². The van der Waals surface area contributed by atoms with Gasteiger partial charge in [-0.25, -0.2) is 0 Å². The zero-order chi connectivity index (χ0) is 12.3. The molecule has 0 bridgehead atoms. The number of aryl methyl sites for hydroxylation is 1. The molecule has 1 aromatic carbocycles. The van der Waals surface area contributed by atoms with Crippen molar-refractivity contribution in [2.45, 2.75) is 46.5 Å². The van der Waals surface area contributed by atoms with Crippen LogP contribution < -0.4 is 0 Å². The molecule has 0 fully saturated rings. The zero-order valence-electron chi connectivity index (χ0n) is 11.2. The average molecular weight is 226 g/mol. The molecule has 17 heavy (non-hydrogen) atoms. The molecule has 0 saturated heterocycles. The second-order valence-corrected chi connectivity index (χ2v) is 4.75. The van der Waals surface area contributed by atoms with Crippen molar-refractivity contribution in [3.05, 3.63) is 52.6 Å². The first-order chi connectivity index (χ1) is 8.28. The molecule has 90 valence electrons. The first-order valence-electron chi connectivity index (χ1n) is 6.79. The van der Waals surface area contributed by atoms with Crippen LogP contribution in [0.15, 0.2) is 41.5 Å². The first-order valence-corrected chi connectivity index (χ1v) is 6.79. The lowest BCUT2D eigenvalue weighted by Crippen LogP contribution is -1.86. The molecule has 2 rings (SSSR count). The molecular weight excluding hydrogens is 204 g/mol. The number of allylic oxidation sites excluding steroid dienone is 4. The number of benzene rings is 1. The van der Waals surface area contributed by atoms with Gasteiger partial charge < -0.3 is 0 Å². The summed E-state index contributed by atoms with van der Waals surface area (Å²) in [5.41, 5.74) is 7.47. The topological polar surface area (TPSA) is 0 Å². The summed E-state index contributed by atoms with van der Waals surface area (Å²) in [6.45, 7) is 6.72. The summed E-state index contributed by atoms with van der Waals surface area (Å²) < 4.78 is 0. The Labute approximate surface area is 105 Å². The Morgan fingerprint density at radius 2 is 1.59 bits per heavy atom. The molecule has 1 aliphatic carbocycles. The Hall–Kier alpha value is -1.30. The second kappa shape index (κ2) is 5.35. The van der Waals surface area contributed by atoms with Crippen molar-refractivity contribution in [2.24, 2.45) is 0 Å². The van der Waals surface area contributed by atoms with Gasteiger partial charge in [-0.3, -0.25) is 0 Å². The third kappa shape index (κ3) is 2.52. The third-order valence-corrected chi connectivity index (χ3v) is 3.72. The van der Waals surface area contributed by atoms with Crippen LogP contribution in [0.4, 0.5) is 0 Å². The fourth-order valence-electron chi connectivity index (χ4n) is 2.48. The fourth-order valence-corrected chi connectivity index (χ4v) is 2.48. The molecule has 1 aliphatic rings. The minimum Gasteiger partial charge on any atom is -0.0658 e. The summed E-state index contributed by atoms with van der Waals surface area (Å²) in [6.07, 6.45) is 7.07. The van der Waals surface area contributed by atoms with Crippen LogP contribution in [0.5, 0.6) is 0 Å².